The van der Waals surface area contributed by atoms with E-state index in [1.54, 1.807) is 29.2 Å². The van der Waals surface area contributed by atoms with Gasteiger partial charge in [0.1, 0.15) is 0 Å². The molecule has 1 aliphatic heterocycles. The second-order valence-corrected chi connectivity index (χ2v) is 4.99. The molecule has 0 radical (unpaired) electrons. The number of benzene rings is 1. The first-order valence-corrected chi connectivity index (χ1v) is 6.70. The molecule has 112 valence electrons. The predicted molar refractivity (Wildman–Crippen MR) is 74.9 cm³/mol. The highest BCUT2D eigenvalue weighted by Gasteiger charge is 2.35. The average Bonchev–Trinajstić information content (AvgIpc) is 2.87. The first kappa shape index (κ1) is 15.0. The van der Waals surface area contributed by atoms with E-state index in [1.807, 2.05) is 0 Å². The third-order valence-electron chi connectivity index (χ3n) is 3.54. The zero-order valence-corrected chi connectivity index (χ0v) is 11.7. The molecule has 1 N–H and O–H groups in total. The van der Waals surface area contributed by atoms with Crippen molar-refractivity contribution in [2.75, 3.05) is 18.6 Å². The highest BCUT2D eigenvalue weighted by molar-refractivity contribution is 5.99. The van der Waals surface area contributed by atoms with E-state index in [0.717, 1.165) is 5.56 Å². The van der Waals surface area contributed by atoms with Crippen LogP contribution in [0.3, 0.4) is 0 Å². The lowest BCUT2D eigenvalue weighted by Crippen LogP contribution is -2.26. The minimum Gasteiger partial charge on any atom is -0.481 e. The molecule has 1 fully saturated rings. The number of carboxylic acids is 1. The Balaban J connectivity index is 2.03. The van der Waals surface area contributed by atoms with Gasteiger partial charge in [-0.15, -0.1) is 0 Å². The summed E-state index contributed by atoms with van der Waals surface area (Å²) >= 11 is 0. The number of carbonyl (C=O) groups excluding carboxylic acids is 2. The second kappa shape index (κ2) is 6.39. The van der Waals surface area contributed by atoms with Crippen molar-refractivity contribution in [3.8, 4) is 0 Å². The van der Waals surface area contributed by atoms with Crippen molar-refractivity contribution in [3.05, 3.63) is 29.8 Å². The van der Waals surface area contributed by atoms with Crippen LogP contribution in [0.1, 0.15) is 18.4 Å². The van der Waals surface area contributed by atoms with Crippen LogP contribution in [0.15, 0.2) is 24.3 Å². The highest BCUT2D eigenvalue weighted by Crippen LogP contribution is 2.26. The summed E-state index contributed by atoms with van der Waals surface area (Å²) < 4.78 is 4.67. The number of hydrogen-bond donors (Lipinski definition) is 1. The summed E-state index contributed by atoms with van der Waals surface area (Å²) in [5, 5.41) is 8.64. The number of aryl methyl sites for hydroxylation is 1. The van der Waals surface area contributed by atoms with Crippen molar-refractivity contribution in [2.45, 2.75) is 19.3 Å². The molecule has 1 aliphatic rings. The molecule has 2 rings (SSSR count). The van der Waals surface area contributed by atoms with Gasteiger partial charge in [-0.1, -0.05) is 12.1 Å². The first-order valence-electron chi connectivity index (χ1n) is 6.70. The zero-order chi connectivity index (χ0) is 15.4. The fraction of sp³-hybridized carbons (Fsp3) is 0.400. The number of amides is 1. The van der Waals surface area contributed by atoms with Crippen molar-refractivity contribution in [2.24, 2.45) is 5.92 Å². The van der Waals surface area contributed by atoms with Crippen molar-refractivity contribution in [3.63, 3.8) is 0 Å². The maximum atomic E-state index is 11.9. The Bertz CT molecular complexity index is 552. The van der Waals surface area contributed by atoms with Crippen LogP contribution >= 0.6 is 0 Å². The lowest BCUT2D eigenvalue weighted by atomic mass is 10.1. The molecule has 1 aromatic carbocycles. The summed E-state index contributed by atoms with van der Waals surface area (Å²) in [5.41, 5.74) is 1.61. The van der Waals surface area contributed by atoms with Crippen molar-refractivity contribution >= 4 is 23.5 Å². The number of esters is 1. The number of carbonyl (C=O) groups is 3. The van der Waals surface area contributed by atoms with Gasteiger partial charge in [-0.25, -0.2) is 0 Å². The molecule has 1 unspecified atom stereocenters. The smallest absolute Gasteiger partial charge is 0.311 e. The topological polar surface area (TPSA) is 83.9 Å². The van der Waals surface area contributed by atoms with Crippen LogP contribution in [0.5, 0.6) is 0 Å². The van der Waals surface area contributed by atoms with Crippen LogP contribution in [-0.2, 0) is 25.5 Å². The van der Waals surface area contributed by atoms with E-state index in [4.69, 9.17) is 5.11 Å². The second-order valence-electron chi connectivity index (χ2n) is 4.99. The molecule has 0 spiro atoms. The highest BCUT2D eigenvalue weighted by atomic mass is 16.5. The van der Waals surface area contributed by atoms with Crippen molar-refractivity contribution in [1.29, 1.82) is 0 Å². The number of hydrogen-bond acceptors (Lipinski definition) is 4. The maximum Gasteiger partial charge on any atom is 0.311 e. The van der Waals surface area contributed by atoms with E-state index >= 15 is 0 Å². The summed E-state index contributed by atoms with van der Waals surface area (Å²) in [7, 11) is 1.31. The van der Waals surface area contributed by atoms with Gasteiger partial charge in [-0.2, -0.15) is 0 Å². The number of nitrogens with zero attached hydrogens (tertiary/aromatic N) is 1. The molecule has 0 aromatic heterocycles. The summed E-state index contributed by atoms with van der Waals surface area (Å²) in [6.07, 6.45) is 0.689. The molecule has 1 saturated heterocycles. The van der Waals surface area contributed by atoms with Crippen LogP contribution < -0.4 is 4.90 Å². The molecule has 21 heavy (non-hydrogen) atoms. The molecule has 1 heterocycles. The van der Waals surface area contributed by atoms with E-state index < -0.39 is 11.9 Å². The minimum atomic E-state index is -0.838. The lowest BCUT2D eigenvalue weighted by molar-refractivity contribution is -0.145. The Kier molecular flexibility index (Phi) is 4.57. The minimum absolute atomic E-state index is 0.0758. The molecule has 0 saturated carbocycles. The molecular formula is C15H17NO5. The number of ether oxygens (including phenoxy) is 1. The van der Waals surface area contributed by atoms with Crippen molar-refractivity contribution in [1.82, 2.24) is 0 Å². The summed E-state index contributed by atoms with van der Waals surface area (Å²) in [5.74, 6) is -1.74. The third kappa shape index (κ3) is 3.59. The maximum absolute atomic E-state index is 11.9. The average molecular weight is 291 g/mol. The zero-order valence-electron chi connectivity index (χ0n) is 11.7. The van der Waals surface area contributed by atoms with Gasteiger partial charge in [0.05, 0.1) is 13.0 Å². The van der Waals surface area contributed by atoms with Gasteiger partial charge < -0.3 is 14.7 Å². The normalized spacial score (nSPS) is 17.9. The quantitative estimate of drug-likeness (QED) is 0.825. The number of rotatable bonds is 5. The SMILES string of the molecule is COC(=O)C1CC(=O)N(c2ccc(CCC(=O)O)cc2)C1. The van der Waals surface area contributed by atoms with Crippen LogP contribution in [-0.4, -0.2) is 36.6 Å². The van der Waals surface area contributed by atoms with Gasteiger partial charge >= 0.3 is 11.9 Å². The first-order chi connectivity index (χ1) is 10.0. The Hall–Kier alpha value is -2.37. The lowest BCUT2D eigenvalue weighted by Gasteiger charge is -2.16. The Morgan fingerprint density at radius 1 is 1.33 bits per heavy atom. The molecule has 1 amide bonds. The molecule has 1 aromatic rings. The Morgan fingerprint density at radius 3 is 2.57 bits per heavy atom. The Morgan fingerprint density at radius 2 is 2.00 bits per heavy atom. The van der Waals surface area contributed by atoms with Crippen molar-refractivity contribution < 1.29 is 24.2 Å². The number of carboxylic acid groups (broad SMARTS) is 1. The van der Waals surface area contributed by atoms with E-state index in [-0.39, 0.29) is 24.7 Å². The van der Waals surface area contributed by atoms with Gasteiger partial charge in [-0.3, -0.25) is 14.4 Å². The molecule has 1 atom stereocenters. The molecule has 6 heteroatoms. The largest absolute Gasteiger partial charge is 0.481 e. The van der Waals surface area contributed by atoms with E-state index in [2.05, 4.69) is 4.74 Å². The Labute approximate surface area is 122 Å². The number of aliphatic carboxylic acids is 1. The number of anilines is 1. The van der Waals surface area contributed by atoms with Crippen LogP contribution in [0, 0.1) is 5.92 Å². The van der Waals surface area contributed by atoms with Gasteiger partial charge in [-0.05, 0) is 24.1 Å². The van der Waals surface area contributed by atoms with E-state index in [0.29, 0.717) is 18.7 Å². The van der Waals surface area contributed by atoms with E-state index in [9.17, 15) is 14.4 Å². The predicted octanol–water partition coefficient (Wildman–Crippen LogP) is 1.23. The monoisotopic (exact) mass is 291 g/mol. The fourth-order valence-corrected chi connectivity index (χ4v) is 2.38. The fourth-order valence-electron chi connectivity index (χ4n) is 2.38. The summed E-state index contributed by atoms with van der Waals surface area (Å²) in [6.45, 7) is 0.319. The van der Waals surface area contributed by atoms with Gasteiger partial charge in [0.25, 0.3) is 0 Å². The van der Waals surface area contributed by atoms with Gasteiger partial charge in [0.2, 0.25) is 5.91 Å². The van der Waals surface area contributed by atoms with E-state index in [1.165, 1.54) is 7.11 Å². The third-order valence-corrected chi connectivity index (χ3v) is 3.54. The summed E-state index contributed by atoms with van der Waals surface area (Å²) in [6, 6.07) is 7.15. The molecule has 0 aliphatic carbocycles. The van der Waals surface area contributed by atoms with Crippen LogP contribution in [0.25, 0.3) is 0 Å². The van der Waals surface area contributed by atoms with Gasteiger partial charge in [0.15, 0.2) is 0 Å². The molecule has 6 nitrogen and oxygen atoms in total. The van der Waals surface area contributed by atoms with Crippen LogP contribution in [0.4, 0.5) is 5.69 Å². The molecule has 0 bridgehead atoms. The standard InChI is InChI=1S/C15H17NO5/c1-21-15(20)11-8-13(17)16(9-11)12-5-2-10(3-6-12)4-7-14(18)19/h2-3,5-6,11H,4,7-9H2,1H3,(H,18,19). The van der Waals surface area contributed by atoms with Gasteiger partial charge in [0, 0.05) is 25.1 Å². The van der Waals surface area contributed by atoms with Crippen LogP contribution in [0.2, 0.25) is 0 Å². The molecular weight excluding hydrogens is 274 g/mol. The summed E-state index contributed by atoms with van der Waals surface area (Å²) in [4.78, 5) is 35.5. The number of methoxy groups -OCH3 is 1.